The number of hydrogen-bond donors (Lipinski definition) is 0. The van der Waals surface area contributed by atoms with Crippen molar-refractivity contribution in [2.24, 2.45) is 0 Å². The number of alkyl halides is 1. The number of fused-ring (bicyclic) bond motifs is 3. The molecule has 2 heterocycles. The van der Waals surface area contributed by atoms with E-state index in [0.29, 0.717) is 0 Å². The Morgan fingerprint density at radius 3 is 1.63 bits per heavy atom. The fourth-order valence-electron chi connectivity index (χ4n) is 8.48. The van der Waals surface area contributed by atoms with Crippen LogP contribution in [0.1, 0.15) is 150 Å². The van der Waals surface area contributed by atoms with Crippen molar-refractivity contribution in [1.82, 2.24) is 0 Å². The number of rotatable bonds is 24. The molecule has 316 valence electrons. The molecule has 1 aliphatic heterocycles. The molecule has 0 aliphatic carbocycles. The molecule has 0 fully saturated rings. The molecule has 0 spiro atoms. The van der Waals surface area contributed by atoms with Crippen LogP contribution in [0.15, 0.2) is 109 Å². The molecule has 1 aliphatic rings. The van der Waals surface area contributed by atoms with Crippen LogP contribution in [-0.4, -0.2) is 12.2 Å². The van der Waals surface area contributed by atoms with Gasteiger partial charge in [-0.2, -0.15) is 0 Å². The van der Waals surface area contributed by atoms with Gasteiger partial charge in [0.2, 0.25) is 0 Å². The third-order valence-electron chi connectivity index (χ3n) is 12.2. The summed E-state index contributed by atoms with van der Waals surface area (Å²) >= 11 is -0.239. The van der Waals surface area contributed by atoms with Gasteiger partial charge in [0, 0.05) is 0 Å². The minimum atomic E-state index is -0.239. The quantitative estimate of drug-likeness (QED) is 0.0351. The summed E-state index contributed by atoms with van der Waals surface area (Å²) in [4.78, 5) is 0. The monoisotopic (exact) mass is 907 g/mol. The number of ether oxygens (including phenoxy) is 3. The molecule has 59 heavy (non-hydrogen) atoms. The van der Waals surface area contributed by atoms with Crippen LogP contribution in [0, 0.1) is 0 Å². The average molecular weight is 908 g/mol. The number of pyridine rings is 1. The Morgan fingerprint density at radius 1 is 0.508 bits per heavy atom. The van der Waals surface area contributed by atoms with Crippen LogP contribution in [0.2, 0.25) is 0 Å². The average Bonchev–Trinajstić information content (AvgIpc) is 3.27. The van der Waals surface area contributed by atoms with Crippen LogP contribution in [0.5, 0.6) is 23.0 Å². The van der Waals surface area contributed by atoms with E-state index >= 15 is 0 Å². The van der Waals surface area contributed by atoms with E-state index in [1.807, 2.05) is 0 Å². The van der Waals surface area contributed by atoms with Gasteiger partial charge in [0.25, 0.3) is 0 Å². The van der Waals surface area contributed by atoms with Gasteiger partial charge in [-0.05, 0) is 44.9 Å². The van der Waals surface area contributed by atoms with Gasteiger partial charge in [0.05, 0.1) is 12.2 Å². The van der Waals surface area contributed by atoms with Gasteiger partial charge in [-0.3, -0.25) is 0 Å². The maximum absolute atomic E-state index is 6.89. The van der Waals surface area contributed by atoms with Crippen molar-refractivity contribution in [2.45, 2.75) is 160 Å². The zero-order valence-corrected chi connectivity index (χ0v) is 39.1. The molecule has 0 amide bonds. The third kappa shape index (κ3) is 11.9. The fourth-order valence-corrected chi connectivity index (χ4v) is 11.9. The van der Waals surface area contributed by atoms with E-state index in [0.717, 1.165) is 83.8 Å². The molecule has 2 atom stereocenters. The topological polar surface area (TPSA) is 31.6 Å². The molecule has 6 rings (SSSR count). The van der Waals surface area contributed by atoms with Crippen LogP contribution in [0.3, 0.4) is 0 Å². The van der Waals surface area contributed by atoms with Crippen molar-refractivity contribution in [3.8, 4) is 56.5 Å². The van der Waals surface area contributed by atoms with E-state index < -0.39 is 0 Å². The van der Waals surface area contributed by atoms with Crippen LogP contribution in [-0.2, 0) is 3.42 Å². The standard InChI is InChI=1S/C54H70INO3/c1-7-13-16-19-24-46(23-18-15-9-3)58-48-32-28-42(29-33-48)44-37-43(41-26-30-47(31-27-41)57-45(10-4)22-17-14-8-2)38-50(39-44)59-49-34-35-52-51(40-49)53-25-20-21-36-56(53)55-54(52,11-5)12-6/h20-21,25-40,45-46H,7-19,22-24H2,1-6H3. The summed E-state index contributed by atoms with van der Waals surface area (Å²) in [7, 11) is 0. The van der Waals surface area contributed by atoms with Crippen molar-refractivity contribution >= 4 is 0 Å². The van der Waals surface area contributed by atoms with Crippen molar-refractivity contribution in [1.29, 1.82) is 0 Å². The Bertz CT molecular complexity index is 2020. The van der Waals surface area contributed by atoms with Gasteiger partial charge in [0.1, 0.15) is 11.5 Å². The molecular formula is C54H70INO3. The molecule has 4 aromatic carbocycles. The number of benzene rings is 4. The Labute approximate surface area is 367 Å². The van der Waals surface area contributed by atoms with Gasteiger partial charge in [-0.25, -0.2) is 0 Å². The number of nitrogens with zero attached hydrogens (tertiary/aromatic N) is 1. The molecule has 0 saturated carbocycles. The summed E-state index contributed by atoms with van der Waals surface area (Å²) < 4.78 is 22.8. The number of halogens is 1. The molecule has 0 saturated heterocycles. The number of aromatic nitrogens is 1. The molecule has 0 N–H and O–H groups in total. The van der Waals surface area contributed by atoms with Gasteiger partial charge in [0.15, 0.2) is 0 Å². The second kappa shape index (κ2) is 22.7. The van der Waals surface area contributed by atoms with Gasteiger partial charge in [-0.15, -0.1) is 0 Å². The SMILES string of the molecule is CCCCCCC(CCCCC)Oc1ccc(-c2cc(Oc3ccc4c(c3)-c3cccc[n+]3[I-]C4(CC)CC)cc(-c3ccc(OC(CC)CCCCC)cc3)c2)cc1. The summed E-state index contributed by atoms with van der Waals surface area (Å²) in [5.74, 6) is 3.57. The maximum atomic E-state index is 6.89. The van der Waals surface area contributed by atoms with Crippen LogP contribution >= 0.6 is 0 Å². The second-order valence-electron chi connectivity index (χ2n) is 16.5. The predicted molar refractivity (Wildman–Crippen MR) is 243 cm³/mol. The first-order valence-electron chi connectivity index (χ1n) is 23.1. The Balaban J connectivity index is 1.31. The van der Waals surface area contributed by atoms with Crippen LogP contribution in [0.25, 0.3) is 33.5 Å². The first-order valence-corrected chi connectivity index (χ1v) is 25.2. The molecule has 0 radical (unpaired) electrons. The zero-order valence-electron chi connectivity index (χ0n) is 36.9. The van der Waals surface area contributed by atoms with E-state index in [1.165, 1.54) is 81.0 Å². The third-order valence-corrected chi connectivity index (χ3v) is 16.5. The fraction of sp³-hybridized carbons (Fsp3) is 0.463. The zero-order chi connectivity index (χ0) is 41.5. The molecular weight excluding hydrogens is 838 g/mol. The van der Waals surface area contributed by atoms with Crippen molar-refractivity contribution in [3.63, 3.8) is 0 Å². The first kappa shape index (κ1) is 44.7. The number of unbranched alkanes of at least 4 members (excludes halogenated alkanes) is 7. The van der Waals surface area contributed by atoms with E-state index in [9.17, 15) is 0 Å². The molecule has 4 nitrogen and oxygen atoms in total. The number of hydrogen-bond acceptors (Lipinski definition) is 3. The van der Waals surface area contributed by atoms with Crippen molar-refractivity contribution in [3.05, 3.63) is 115 Å². The van der Waals surface area contributed by atoms with Gasteiger partial charge < -0.3 is 9.47 Å². The van der Waals surface area contributed by atoms with E-state index in [4.69, 9.17) is 14.2 Å². The van der Waals surface area contributed by atoms with Crippen LogP contribution < -0.4 is 38.5 Å². The summed E-state index contributed by atoms with van der Waals surface area (Å²) in [5.41, 5.74) is 8.56. The molecule has 5 aromatic rings. The molecule has 2 unspecified atom stereocenters. The Morgan fingerprint density at radius 2 is 1.05 bits per heavy atom. The predicted octanol–water partition coefficient (Wildman–Crippen LogP) is 12.7. The van der Waals surface area contributed by atoms with Crippen molar-refractivity contribution < 1.29 is 38.5 Å². The minimum absolute atomic E-state index is 0.210. The second-order valence-corrected chi connectivity index (χ2v) is 20.1. The Kier molecular flexibility index (Phi) is 17.2. The van der Waals surface area contributed by atoms with Gasteiger partial charge >= 0.3 is 219 Å². The first-order chi connectivity index (χ1) is 28.9. The van der Waals surface area contributed by atoms with E-state index in [2.05, 4.69) is 154 Å². The summed E-state index contributed by atoms with van der Waals surface area (Å²) in [6.07, 6.45) is 21.9. The molecule has 1 aromatic heterocycles. The van der Waals surface area contributed by atoms with E-state index in [-0.39, 0.29) is 37.1 Å². The summed E-state index contributed by atoms with van der Waals surface area (Å²) in [6, 6.07) is 37.5. The van der Waals surface area contributed by atoms with Gasteiger partial charge in [-0.1, -0.05) is 72.6 Å². The normalized spacial score (nSPS) is 14.1. The summed E-state index contributed by atoms with van der Waals surface area (Å²) in [6.45, 7) is 13.7. The molecule has 0 bridgehead atoms. The Hall–Kier alpha value is -3.84. The van der Waals surface area contributed by atoms with E-state index in [1.54, 1.807) is 0 Å². The summed E-state index contributed by atoms with van der Waals surface area (Å²) in [5, 5.41) is 0. The molecule has 5 heteroatoms. The van der Waals surface area contributed by atoms with Crippen LogP contribution in [0.4, 0.5) is 0 Å². The van der Waals surface area contributed by atoms with Crippen molar-refractivity contribution in [2.75, 3.05) is 0 Å².